The summed E-state index contributed by atoms with van der Waals surface area (Å²) in [5.74, 6) is 0.797. The molecular weight excluding hydrogens is 376 g/mol. The van der Waals surface area contributed by atoms with Gasteiger partial charge in [0.1, 0.15) is 0 Å². The van der Waals surface area contributed by atoms with Crippen molar-refractivity contribution in [2.75, 3.05) is 36.5 Å². The summed E-state index contributed by atoms with van der Waals surface area (Å²) >= 11 is 5.90. The summed E-state index contributed by atoms with van der Waals surface area (Å²) in [6, 6.07) is 12.5. The SMILES string of the molecule is Cln1cc(-c2ccc3c(Nc4ccc(N5CCOCC5)cc4)nccn23)cn1. The van der Waals surface area contributed by atoms with Gasteiger partial charge in [0.15, 0.2) is 5.82 Å². The van der Waals surface area contributed by atoms with E-state index in [0.29, 0.717) is 0 Å². The van der Waals surface area contributed by atoms with Crippen LogP contribution in [0, 0.1) is 0 Å². The molecule has 4 heterocycles. The zero-order valence-electron chi connectivity index (χ0n) is 15.1. The summed E-state index contributed by atoms with van der Waals surface area (Å²) < 4.78 is 8.78. The molecule has 1 aliphatic rings. The van der Waals surface area contributed by atoms with E-state index in [1.54, 1.807) is 18.6 Å². The number of hydrogen-bond donors (Lipinski definition) is 1. The van der Waals surface area contributed by atoms with Crippen molar-refractivity contribution in [3.8, 4) is 11.3 Å². The Balaban J connectivity index is 1.41. The van der Waals surface area contributed by atoms with E-state index in [2.05, 4.69) is 49.0 Å². The third-order valence-electron chi connectivity index (χ3n) is 4.93. The van der Waals surface area contributed by atoms with Gasteiger partial charge in [0.2, 0.25) is 0 Å². The van der Waals surface area contributed by atoms with Crippen LogP contribution in [0.3, 0.4) is 0 Å². The molecule has 1 aliphatic heterocycles. The molecule has 1 saturated heterocycles. The molecule has 0 aliphatic carbocycles. The maximum absolute atomic E-state index is 5.90. The number of hydrogen-bond acceptors (Lipinski definition) is 5. The Morgan fingerprint density at radius 2 is 1.86 bits per heavy atom. The summed E-state index contributed by atoms with van der Waals surface area (Å²) in [7, 11) is 0. The molecule has 1 fully saturated rings. The minimum Gasteiger partial charge on any atom is -0.378 e. The van der Waals surface area contributed by atoms with E-state index in [0.717, 1.165) is 54.6 Å². The number of fused-ring (bicyclic) bond motifs is 1. The van der Waals surface area contributed by atoms with E-state index < -0.39 is 0 Å². The van der Waals surface area contributed by atoms with Crippen LogP contribution in [0.2, 0.25) is 0 Å². The van der Waals surface area contributed by atoms with Crippen molar-refractivity contribution in [1.82, 2.24) is 18.7 Å². The Morgan fingerprint density at radius 3 is 2.61 bits per heavy atom. The van der Waals surface area contributed by atoms with Gasteiger partial charge in [-0.2, -0.15) is 9.30 Å². The van der Waals surface area contributed by atoms with Crippen LogP contribution in [0.25, 0.3) is 16.8 Å². The Bertz CT molecular complexity index is 1100. The molecule has 5 rings (SSSR count). The second kappa shape index (κ2) is 7.18. The van der Waals surface area contributed by atoms with Crippen LogP contribution in [0.1, 0.15) is 0 Å². The average molecular weight is 395 g/mol. The van der Waals surface area contributed by atoms with Crippen molar-refractivity contribution in [2.45, 2.75) is 0 Å². The summed E-state index contributed by atoms with van der Waals surface area (Å²) in [6.45, 7) is 3.43. The lowest BCUT2D eigenvalue weighted by atomic mass is 10.2. The minimum absolute atomic E-state index is 0.783. The van der Waals surface area contributed by atoms with Gasteiger partial charge in [-0.1, -0.05) is 0 Å². The molecule has 3 aromatic heterocycles. The Hall–Kier alpha value is -3.03. The van der Waals surface area contributed by atoms with E-state index >= 15 is 0 Å². The van der Waals surface area contributed by atoms with E-state index in [-0.39, 0.29) is 0 Å². The third-order valence-corrected chi connectivity index (χ3v) is 5.12. The Labute approximate surface area is 167 Å². The van der Waals surface area contributed by atoms with E-state index in [1.807, 2.05) is 18.3 Å². The summed E-state index contributed by atoms with van der Waals surface area (Å²) in [6.07, 6.45) is 7.24. The van der Waals surface area contributed by atoms with Crippen molar-refractivity contribution in [3.63, 3.8) is 0 Å². The molecule has 0 radical (unpaired) electrons. The molecule has 0 amide bonds. The highest BCUT2D eigenvalue weighted by Gasteiger charge is 2.12. The molecule has 1 aromatic carbocycles. The van der Waals surface area contributed by atoms with Gasteiger partial charge in [-0.05, 0) is 36.4 Å². The maximum Gasteiger partial charge on any atom is 0.154 e. The number of nitrogens with zero attached hydrogens (tertiary/aromatic N) is 5. The van der Waals surface area contributed by atoms with Crippen molar-refractivity contribution >= 4 is 34.5 Å². The molecule has 7 nitrogen and oxygen atoms in total. The highest BCUT2D eigenvalue weighted by atomic mass is 35.5. The number of nitrogens with one attached hydrogen (secondary N) is 1. The van der Waals surface area contributed by atoms with Crippen LogP contribution in [0.4, 0.5) is 17.2 Å². The van der Waals surface area contributed by atoms with Gasteiger partial charge in [0, 0.05) is 54.2 Å². The van der Waals surface area contributed by atoms with Crippen LogP contribution in [-0.2, 0) is 4.74 Å². The smallest absolute Gasteiger partial charge is 0.154 e. The Morgan fingerprint density at radius 1 is 1.04 bits per heavy atom. The number of anilines is 3. The van der Waals surface area contributed by atoms with Crippen molar-refractivity contribution in [1.29, 1.82) is 0 Å². The van der Waals surface area contributed by atoms with Gasteiger partial charge in [-0.15, -0.1) is 0 Å². The first-order chi connectivity index (χ1) is 13.8. The number of halogens is 1. The quantitative estimate of drug-likeness (QED) is 0.570. The molecule has 0 bridgehead atoms. The number of morpholine rings is 1. The second-order valence-electron chi connectivity index (χ2n) is 6.64. The number of aromatic nitrogens is 4. The molecule has 142 valence electrons. The second-order valence-corrected chi connectivity index (χ2v) is 6.98. The minimum atomic E-state index is 0.783. The highest BCUT2D eigenvalue weighted by Crippen LogP contribution is 2.28. The van der Waals surface area contributed by atoms with Crippen molar-refractivity contribution in [2.24, 2.45) is 0 Å². The lowest BCUT2D eigenvalue weighted by molar-refractivity contribution is 0.122. The monoisotopic (exact) mass is 394 g/mol. The van der Waals surface area contributed by atoms with Crippen LogP contribution in [0.5, 0.6) is 0 Å². The number of ether oxygens (including phenoxy) is 1. The van der Waals surface area contributed by atoms with Gasteiger partial charge in [0.25, 0.3) is 0 Å². The molecule has 0 unspecified atom stereocenters. The summed E-state index contributed by atoms with van der Waals surface area (Å²) in [5.41, 5.74) is 5.14. The van der Waals surface area contributed by atoms with E-state index in [1.165, 1.54) is 9.89 Å². The van der Waals surface area contributed by atoms with Gasteiger partial charge < -0.3 is 19.4 Å². The summed E-state index contributed by atoms with van der Waals surface area (Å²) in [4.78, 5) is 6.86. The third kappa shape index (κ3) is 3.19. The molecule has 8 heteroatoms. The Kier molecular flexibility index (Phi) is 4.38. The van der Waals surface area contributed by atoms with Crippen molar-refractivity contribution in [3.05, 3.63) is 61.2 Å². The van der Waals surface area contributed by atoms with Crippen molar-refractivity contribution < 1.29 is 4.74 Å². The largest absolute Gasteiger partial charge is 0.378 e. The fraction of sp³-hybridized carbons (Fsp3) is 0.200. The standard InChI is InChI=1S/C20H19ClN6O/c21-27-14-15(13-23-27)18-5-6-19-20(22-7-8-26(18)19)24-16-1-3-17(4-2-16)25-9-11-28-12-10-25/h1-8,13-14H,9-12H2,(H,22,24). The maximum atomic E-state index is 5.90. The number of rotatable bonds is 4. The van der Waals surface area contributed by atoms with Crippen LogP contribution in [0.15, 0.2) is 61.2 Å². The zero-order valence-corrected chi connectivity index (χ0v) is 15.9. The molecule has 0 saturated carbocycles. The lowest BCUT2D eigenvalue weighted by Gasteiger charge is -2.28. The zero-order chi connectivity index (χ0) is 18.9. The van der Waals surface area contributed by atoms with Crippen LogP contribution in [-0.4, -0.2) is 45.0 Å². The average Bonchev–Trinajstić information content (AvgIpc) is 3.36. The number of benzene rings is 1. The highest BCUT2D eigenvalue weighted by molar-refractivity contribution is 6.14. The normalized spacial score (nSPS) is 14.5. The van der Waals surface area contributed by atoms with E-state index in [9.17, 15) is 0 Å². The fourth-order valence-corrected chi connectivity index (χ4v) is 3.67. The van der Waals surface area contributed by atoms with Gasteiger partial charge >= 0.3 is 0 Å². The first-order valence-corrected chi connectivity index (χ1v) is 9.49. The van der Waals surface area contributed by atoms with Crippen LogP contribution >= 0.6 is 11.8 Å². The first kappa shape index (κ1) is 17.1. The molecule has 1 N–H and O–H groups in total. The molecule has 0 spiro atoms. The molecule has 4 aromatic rings. The topological polar surface area (TPSA) is 59.6 Å². The first-order valence-electron chi connectivity index (χ1n) is 9.15. The molecule has 0 atom stereocenters. The van der Waals surface area contributed by atoms with E-state index in [4.69, 9.17) is 16.5 Å². The fourth-order valence-electron chi connectivity index (χ4n) is 3.52. The molecule has 28 heavy (non-hydrogen) atoms. The summed E-state index contributed by atoms with van der Waals surface area (Å²) in [5, 5.41) is 7.47. The van der Waals surface area contributed by atoms with Gasteiger partial charge in [0.05, 0.1) is 36.8 Å². The van der Waals surface area contributed by atoms with Gasteiger partial charge in [-0.25, -0.2) is 4.98 Å². The van der Waals surface area contributed by atoms with Gasteiger partial charge in [-0.3, -0.25) is 0 Å². The lowest BCUT2D eigenvalue weighted by Crippen LogP contribution is -2.36. The predicted octanol–water partition coefficient (Wildman–Crippen LogP) is 3.78. The predicted molar refractivity (Wildman–Crippen MR) is 110 cm³/mol. The molecular formula is C20H19ClN6O. The van der Waals surface area contributed by atoms with Crippen LogP contribution < -0.4 is 10.2 Å².